The Labute approximate surface area is 204 Å². The number of piperazine rings is 1. The molecule has 1 atom stereocenters. The number of ether oxygens (including phenoxy) is 1. The molecule has 1 aliphatic heterocycles. The standard InChI is InChI=1S/C23H24ClN5O4S.H2/c1-17(33-20-4-2-3-18(24)15-20)23(30)29-13-11-28(12-14-29)19-5-7-21(8-6-19)34(31,32)27-22-9-10-25-16-26-22;/h2-10,15-17H,11-14H2,1H3,(H,25,26,27);1H. The van der Waals surface area contributed by atoms with Gasteiger partial charge in [-0.05, 0) is 55.5 Å². The SMILES string of the molecule is CC(Oc1cccc(Cl)c1)C(=O)N1CCN(c2ccc(S(=O)(=O)Nc3ccncn3)cc2)CC1.[HH]. The molecule has 2 heterocycles. The van der Waals surface area contributed by atoms with Crippen molar-refractivity contribution in [3.8, 4) is 5.75 Å². The van der Waals surface area contributed by atoms with Crippen molar-refractivity contribution in [1.29, 1.82) is 0 Å². The Hall–Kier alpha value is -3.37. The van der Waals surface area contributed by atoms with Crippen LogP contribution in [-0.4, -0.2) is 61.5 Å². The van der Waals surface area contributed by atoms with E-state index in [1.807, 2.05) is 0 Å². The molecular weight excluding hydrogens is 478 g/mol. The summed E-state index contributed by atoms with van der Waals surface area (Å²) in [6.45, 7) is 4.06. The van der Waals surface area contributed by atoms with Gasteiger partial charge in [-0.2, -0.15) is 0 Å². The molecule has 0 aliphatic carbocycles. The average Bonchev–Trinajstić information content (AvgIpc) is 2.84. The molecular formula is C23H26ClN5O4S. The second-order valence-corrected chi connectivity index (χ2v) is 9.84. The van der Waals surface area contributed by atoms with Crippen molar-refractivity contribution in [1.82, 2.24) is 14.9 Å². The van der Waals surface area contributed by atoms with Gasteiger partial charge in [0, 0.05) is 44.5 Å². The van der Waals surface area contributed by atoms with Crippen molar-refractivity contribution in [2.75, 3.05) is 35.8 Å². The van der Waals surface area contributed by atoms with Gasteiger partial charge < -0.3 is 14.5 Å². The van der Waals surface area contributed by atoms with E-state index in [0.717, 1.165) is 5.69 Å². The van der Waals surface area contributed by atoms with Crippen LogP contribution in [0.4, 0.5) is 11.5 Å². The highest BCUT2D eigenvalue weighted by molar-refractivity contribution is 7.92. The zero-order valence-electron chi connectivity index (χ0n) is 18.5. The molecule has 11 heteroatoms. The Bertz CT molecular complexity index is 1240. The van der Waals surface area contributed by atoms with Gasteiger partial charge in [0.15, 0.2) is 6.10 Å². The third-order valence-corrected chi connectivity index (χ3v) is 6.99. The zero-order chi connectivity index (χ0) is 24.1. The minimum atomic E-state index is -3.75. The van der Waals surface area contributed by atoms with Gasteiger partial charge in [-0.1, -0.05) is 17.7 Å². The van der Waals surface area contributed by atoms with Gasteiger partial charge in [-0.25, -0.2) is 18.4 Å². The molecule has 34 heavy (non-hydrogen) atoms. The van der Waals surface area contributed by atoms with Crippen molar-refractivity contribution in [3.05, 3.63) is 72.1 Å². The number of carbonyl (C=O) groups excluding carboxylic acids is 1. The first-order chi connectivity index (χ1) is 16.3. The monoisotopic (exact) mass is 503 g/mol. The number of halogens is 1. The highest BCUT2D eigenvalue weighted by Gasteiger charge is 2.26. The number of benzene rings is 2. The van der Waals surface area contributed by atoms with Crippen LogP contribution in [-0.2, 0) is 14.8 Å². The number of hydrogen-bond donors (Lipinski definition) is 1. The van der Waals surface area contributed by atoms with Crippen molar-refractivity contribution in [2.45, 2.75) is 17.9 Å². The van der Waals surface area contributed by atoms with Gasteiger partial charge in [0.1, 0.15) is 17.9 Å². The molecule has 0 radical (unpaired) electrons. The number of nitrogens with zero attached hydrogens (tertiary/aromatic N) is 4. The lowest BCUT2D eigenvalue weighted by atomic mass is 10.2. The fourth-order valence-corrected chi connectivity index (χ4v) is 4.81. The van der Waals surface area contributed by atoms with Crippen LogP contribution in [0.15, 0.2) is 72.0 Å². The van der Waals surface area contributed by atoms with Gasteiger partial charge in [0.25, 0.3) is 15.9 Å². The minimum Gasteiger partial charge on any atom is -0.481 e. The molecule has 2 aromatic carbocycles. The number of hydrogen-bond acceptors (Lipinski definition) is 7. The summed E-state index contributed by atoms with van der Waals surface area (Å²) in [6.07, 6.45) is 2.11. The predicted octanol–water partition coefficient (Wildman–Crippen LogP) is 3.29. The Morgan fingerprint density at radius 2 is 1.85 bits per heavy atom. The fourth-order valence-electron chi connectivity index (χ4n) is 3.62. The number of aromatic nitrogens is 2. The first-order valence-corrected chi connectivity index (χ1v) is 12.5. The first-order valence-electron chi connectivity index (χ1n) is 10.7. The number of anilines is 2. The summed E-state index contributed by atoms with van der Waals surface area (Å²) >= 11 is 5.98. The van der Waals surface area contributed by atoms with E-state index in [0.29, 0.717) is 37.0 Å². The molecule has 1 fully saturated rings. The molecule has 0 bridgehead atoms. The maximum atomic E-state index is 12.8. The predicted molar refractivity (Wildman–Crippen MR) is 132 cm³/mol. The Kier molecular flexibility index (Phi) is 7.18. The van der Waals surface area contributed by atoms with E-state index in [-0.39, 0.29) is 18.0 Å². The smallest absolute Gasteiger partial charge is 0.263 e. The Morgan fingerprint density at radius 3 is 2.50 bits per heavy atom. The third-order valence-electron chi connectivity index (χ3n) is 5.38. The molecule has 180 valence electrons. The summed E-state index contributed by atoms with van der Waals surface area (Å²) < 4.78 is 33.3. The van der Waals surface area contributed by atoms with E-state index in [1.165, 1.54) is 18.6 Å². The summed E-state index contributed by atoms with van der Waals surface area (Å²) in [5.41, 5.74) is 0.885. The molecule has 9 nitrogen and oxygen atoms in total. The lowest BCUT2D eigenvalue weighted by molar-refractivity contribution is -0.138. The summed E-state index contributed by atoms with van der Waals surface area (Å²) in [4.78, 5) is 24.5. The molecule has 1 unspecified atom stereocenters. The Morgan fingerprint density at radius 1 is 1.12 bits per heavy atom. The fraction of sp³-hybridized carbons (Fsp3) is 0.261. The van der Waals surface area contributed by atoms with Crippen LogP contribution in [0.5, 0.6) is 5.75 Å². The maximum Gasteiger partial charge on any atom is 0.263 e. The third kappa shape index (κ3) is 5.75. The molecule has 0 saturated carbocycles. The van der Waals surface area contributed by atoms with E-state index in [9.17, 15) is 13.2 Å². The second kappa shape index (κ2) is 10.3. The van der Waals surface area contributed by atoms with Gasteiger partial charge in [-0.15, -0.1) is 0 Å². The van der Waals surface area contributed by atoms with Crippen LogP contribution in [0.2, 0.25) is 5.02 Å². The van der Waals surface area contributed by atoms with Gasteiger partial charge >= 0.3 is 0 Å². The lowest BCUT2D eigenvalue weighted by Crippen LogP contribution is -2.52. The average molecular weight is 504 g/mol. The largest absolute Gasteiger partial charge is 0.481 e. The van der Waals surface area contributed by atoms with E-state index in [1.54, 1.807) is 60.4 Å². The van der Waals surface area contributed by atoms with Crippen molar-refractivity contribution < 1.29 is 19.4 Å². The van der Waals surface area contributed by atoms with Crippen LogP contribution in [0, 0.1) is 0 Å². The van der Waals surface area contributed by atoms with Crippen LogP contribution >= 0.6 is 11.6 Å². The van der Waals surface area contributed by atoms with Gasteiger partial charge in [-0.3, -0.25) is 9.52 Å². The summed E-state index contributed by atoms with van der Waals surface area (Å²) in [7, 11) is -3.75. The highest BCUT2D eigenvalue weighted by atomic mass is 35.5. The summed E-state index contributed by atoms with van der Waals surface area (Å²) in [5, 5.41) is 0.550. The topological polar surface area (TPSA) is 105 Å². The molecule has 0 spiro atoms. The quantitative estimate of drug-likeness (QED) is 0.527. The molecule has 1 saturated heterocycles. The summed E-state index contributed by atoms with van der Waals surface area (Å²) in [6, 6.07) is 15.1. The van der Waals surface area contributed by atoms with Gasteiger partial charge in [0.05, 0.1) is 4.90 Å². The number of rotatable bonds is 7. The number of sulfonamides is 1. The number of amides is 1. The van der Waals surface area contributed by atoms with Crippen LogP contribution in [0.3, 0.4) is 0 Å². The molecule has 1 N–H and O–H groups in total. The molecule has 3 aromatic rings. The van der Waals surface area contributed by atoms with Crippen molar-refractivity contribution in [3.63, 3.8) is 0 Å². The van der Waals surface area contributed by atoms with Crippen LogP contribution in [0.25, 0.3) is 0 Å². The minimum absolute atomic E-state index is 0. The van der Waals surface area contributed by atoms with E-state index in [2.05, 4.69) is 19.6 Å². The Balaban J connectivity index is 0.00000342. The number of nitrogens with one attached hydrogen (secondary N) is 1. The zero-order valence-corrected chi connectivity index (χ0v) is 20.0. The lowest BCUT2D eigenvalue weighted by Gasteiger charge is -2.37. The van der Waals surface area contributed by atoms with Crippen molar-refractivity contribution >= 4 is 39.0 Å². The molecule has 1 aliphatic rings. The second-order valence-electron chi connectivity index (χ2n) is 7.72. The van der Waals surface area contributed by atoms with Crippen molar-refractivity contribution in [2.24, 2.45) is 0 Å². The molecule has 1 aromatic heterocycles. The highest BCUT2D eigenvalue weighted by Crippen LogP contribution is 2.22. The van der Waals surface area contributed by atoms with E-state index >= 15 is 0 Å². The van der Waals surface area contributed by atoms with Crippen LogP contribution in [0.1, 0.15) is 8.35 Å². The molecule has 1 amide bonds. The first kappa shape index (κ1) is 23.8. The maximum absolute atomic E-state index is 12.8. The van der Waals surface area contributed by atoms with Gasteiger partial charge in [0.2, 0.25) is 0 Å². The summed E-state index contributed by atoms with van der Waals surface area (Å²) in [5.74, 6) is 0.668. The normalized spacial score (nSPS) is 15.0. The molecule has 4 rings (SSSR count). The van der Waals surface area contributed by atoms with E-state index in [4.69, 9.17) is 16.3 Å². The number of carbonyl (C=O) groups is 1. The van der Waals surface area contributed by atoms with E-state index < -0.39 is 16.1 Å². The van der Waals surface area contributed by atoms with Crippen LogP contribution < -0.4 is 14.4 Å².